The number of carbonyl (C=O) groups is 2. The van der Waals surface area contributed by atoms with E-state index in [0.717, 1.165) is 24.8 Å². The van der Waals surface area contributed by atoms with Crippen LogP contribution in [0.1, 0.15) is 37.3 Å². The van der Waals surface area contributed by atoms with Crippen molar-refractivity contribution >= 4 is 12.4 Å². The fourth-order valence-corrected chi connectivity index (χ4v) is 3.19. The highest BCUT2D eigenvalue weighted by Gasteiger charge is 2.48. The summed E-state index contributed by atoms with van der Waals surface area (Å²) in [6.07, 6.45) is 3.37. The maximum absolute atomic E-state index is 12.0. The van der Waals surface area contributed by atoms with Gasteiger partial charge < -0.3 is 14.7 Å². The maximum Gasteiger partial charge on any atom is 0.334 e. The van der Waals surface area contributed by atoms with E-state index in [0.29, 0.717) is 30.7 Å². The summed E-state index contributed by atoms with van der Waals surface area (Å²) in [4.78, 5) is 24.9. The van der Waals surface area contributed by atoms with Gasteiger partial charge in [0.2, 0.25) is 6.41 Å². The van der Waals surface area contributed by atoms with Gasteiger partial charge in [0.05, 0.1) is 7.11 Å². The Bertz CT molecular complexity index is 543. The third-order valence-corrected chi connectivity index (χ3v) is 4.18. The van der Waals surface area contributed by atoms with Gasteiger partial charge in [0.25, 0.3) is 0 Å². The standard InChI is InChI=1S/C16H21NO4/c1-3-9-17(11-18)16(15(19)20)8-4-5-12-10-13(21-2)6-7-14(12)16/h6-7,10-11H,3-5,8-9H2,1-2H3,(H,19,20). The predicted octanol–water partition coefficient (Wildman–Crippen LogP) is 2.18. The van der Waals surface area contributed by atoms with E-state index in [-0.39, 0.29) is 0 Å². The van der Waals surface area contributed by atoms with Crippen LogP contribution in [0.15, 0.2) is 18.2 Å². The van der Waals surface area contributed by atoms with Gasteiger partial charge >= 0.3 is 5.97 Å². The van der Waals surface area contributed by atoms with Crippen molar-refractivity contribution in [3.05, 3.63) is 29.3 Å². The molecule has 5 nitrogen and oxygen atoms in total. The zero-order valence-electron chi connectivity index (χ0n) is 12.5. The molecule has 0 heterocycles. The van der Waals surface area contributed by atoms with Crippen molar-refractivity contribution in [1.82, 2.24) is 4.90 Å². The summed E-state index contributed by atoms with van der Waals surface area (Å²) in [6.45, 7) is 2.37. The molecule has 21 heavy (non-hydrogen) atoms. The molecule has 1 amide bonds. The van der Waals surface area contributed by atoms with E-state index in [1.807, 2.05) is 13.0 Å². The average Bonchev–Trinajstić information content (AvgIpc) is 2.51. The van der Waals surface area contributed by atoms with Crippen molar-refractivity contribution in [2.24, 2.45) is 0 Å². The van der Waals surface area contributed by atoms with Crippen LogP contribution in [0.25, 0.3) is 0 Å². The Morgan fingerprint density at radius 1 is 1.52 bits per heavy atom. The molecule has 0 bridgehead atoms. The number of carbonyl (C=O) groups excluding carboxylic acids is 1. The Balaban J connectivity index is 2.59. The first-order chi connectivity index (χ1) is 10.1. The Morgan fingerprint density at radius 2 is 2.29 bits per heavy atom. The smallest absolute Gasteiger partial charge is 0.334 e. The normalized spacial score (nSPS) is 20.5. The molecule has 0 fully saturated rings. The molecule has 114 valence electrons. The Morgan fingerprint density at radius 3 is 2.86 bits per heavy atom. The Hall–Kier alpha value is -2.04. The number of hydrogen-bond donors (Lipinski definition) is 1. The molecule has 0 radical (unpaired) electrons. The quantitative estimate of drug-likeness (QED) is 0.816. The lowest BCUT2D eigenvalue weighted by Crippen LogP contribution is -2.53. The van der Waals surface area contributed by atoms with Gasteiger partial charge in [-0.25, -0.2) is 4.79 Å². The maximum atomic E-state index is 12.0. The van der Waals surface area contributed by atoms with Crippen LogP contribution in [0.2, 0.25) is 0 Å². The summed E-state index contributed by atoms with van der Waals surface area (Å²) in [5, 5.41) is 9.86. The van der Waals surface area contributed by atoms with Gasteiger partial charge in [0, 0.05) is 6.54 Å². The summed E-state index contributed by atoms with van der Waals surface area (Å²) in [5.74, 6) is -0.253. The van der Waals surface area contributed by atoms with Gasteiger partial charge in [-0.15, -0.1) is 0 Å². The topological polar surface area (TPSA) is 66.8 Å². The van der Waals surface area contributed by atoms with E-state index >= 15 is 0 Å². The van der Waals surface area contributed by atoms with Crippen molar-refractivity contribution in [3.63, 3.8) is 0 Å². The highest BCUT2D eigenvalue weighted by Crippen LogP contribution is 2.41. The number of rotatable bonds is 6. The first-order valence-corrected chi connectivity index (χ1v) is 7.23. The Kier molecular flexibility index (Phi) is 4.50. The highest BCUT2D eigenvalue weighted by atomic mass is 16.5. The van der Waals surface area contributed by atoms with Crippen molar-refractivity contribution in [2.45, 2.75) is 38.1 Å². The monoisotopic (exact) mass is 291 g/mol. The molecular weight excluding hydrogens is 270 g/mol. The molecule has 1 aliphatic carbocycles. The van der Waals surface area contributed by atoms with Gasteiger partial charge in [-0.3, -0.25) is 4.79 Å². The summed E-state index contributed by atoms with van der Waals surface area (Å²) in [6, 6.07) is 5.42. The number of carboxylic acids is 1. The molecule has 5 heteroatoms. The van der Waals surface area contributed by atoms with E-state index in [9.17, 15) is 14.7 Å². The van der Waals surface area contributed by atoms with Crippen LogP contribution in [0.4, 0.5) is 0 Å². The molecule has 1 aliphatic rings. The number of hydrogen-bond acceptors (Lipinski definition) is 3. The molecule has 0 spiro atoms. The number of ether oxygens (including phenoxy) is 1. The fourth-order valence-electron chi connectivity index (χ4n) is 3.19. The van der Waals surface area contributed by atoms with Crippen molar-refractivity contribution in [3.8, 4) is 5.75 Å². The minimum atomic E-state index is -1.25. The van der Waals surface area contributed by atoms with Gasteiger partial charge in [-0.05, 0) is 48.9 Å². The van der Waals surface area contributed by atoms with Gasteiger partial charge in [-0.2, -0.15) is 0 Å². The van der Waals surface area contributed by atoms with Crippen LogP contribution >= 0.6 is 0 Å². The van der Waals surface area contributed by atoms with Crippen LogP contribution in [0.5, 0.6) is 5.75 Å². The minimum Gasteiger partial charge on any atom is -0.497 e. The number of aliphatic carboxylic acids is 1. The molecule has 0 aromatic heterocycles. The van der Waals surface area contributed by atoms with Crippen LogP contribution in [-0.2, 0) is 21.5 Å². The van der Waals surface area contributed by atoms with Gasteiger partial charge in [0.1, 0.15) is 5.75 Å². The molecule has 1 unspecified atom stereocenters. The van der Waals surface area contributed by atoms with E-state index in [1.165, 1.54) is 4.90 Å². The molecular formula is C16H21NO4. The van der Waals surface area contributed by atoms with E-state index in [4.69, 9.17) is 4.74 Å². The number of fused-ring (bicyclic) bond motifs is 1. The summed E-state index contributed by atoms with van der Waals surface area (Å²) < 4.78 is 5.21. The number of amides is 1. The van der Waals surface area contributed by atoms with Crippen molar-refractivity contribution in [1.29, 1.82) is 0 Å². The molecule has 0 saturated heterocycles. The molecule has 0 aliphatic heterocycles. The van der Waals surface area contributed by atoms with Crippen molar-refractivity contribution < 1.29 is 19.4 Å². The number of carboxylic acid groups (broad SMARTS) is 1. The number of aryl methyl sites for hydroxylation is 1. The molecule has 1 atom stereocenters. The molecule has 1 aromatic rings. The summed E-state index contributed by atoms with van der Waals surface area (Å²) in [5.41, 5.74) is 0.408. The second kappa shape index (κ2) is 6.16. The molecule has 0 saturated carbocycles. The molecule has 2 rings (SSSR count). The predicted molar refractivity (Wildman–Crippen MR) is 78.3 cm³/mol. The Labute approximate surface area is 124 Å². The van der Waals surface area contributed by atoms with E-state index in [1.54, 1.807) is 19.2 Å². The second-order valence-corrected chi connectivity index (χ2v) is 5.34. The van der Waals surface area contributed by atoms with Crippen LogP contribution in [0, 0.1) is 0 Å². The highest BCUT2D eigenvalue weighted by molar-refractivity contribution is 5.84. The van der Waals surface area contributed by atoms with Crippen LogP contribution in [0.3, 0.4) is 0 Å². The SMILES string of the molecule is CCCN(C=O)C1(C(=O)O)CCCc2cc(OC)ccc21. The second-order valence-electron chi connectivity index (χ2n) is 5.34. The largest absolute Gasteiger partial charge is 0.497 e. The lowest BCUT2D eigenvalue weighted by Gasteiger charge is -2.42. The van der Waals surface area contributed by atoms with E-state index < -0.39 is 11.5 Å². The fraction of sp³-hybridized carbons (Fsp3) is 0.500. The van der Waals surface area contributed by atoms with E-state index in [2.05, 4.69) is 0 Å². The van der Waals surface area contributed by atoms with Crippen LogP contribution < -0.4 is 4.74 Å². The zero-order chi connectivity index (χ0) is 15.5. The first-order valence-electron chi connectivity index (χ1n) is 7.23. The lowest BCUT2D eigenvalue weighted by atomic mass is 9.75. The lowest BCUT2D eigenvalue weighted by molar-refractivity contribution is -0.157. The third-order valence-electron chi connectivity index (χ3n) is 4.18. The number of nitrogens with zero attached hydrogens (tertiary/aromatic N) is 1. The van der Waals surface area contributed by atoms with Gasteiger partial charge in [0.15, 0.2) is 5.54 Å². The molecule has 1 N–H and O–H groups in total. The average molecular weight is 291 g/mol. The molecule has 1 aromatic carbocycles. The zero-order valence-corrected chi connectivity index (χ0v) is 12.5. The number of benzene rings is 1. The van der Waals surface area contributed by atoms with Gasteiger partial charge in [-0.1, -0.05) is 13.0 Å². The number of methoxy groups -OCH3 is 1. The van der Waals surface area contributed by atoms with Crippen molar-refractivity contribution in [2.75, 3.05) is 13.7 Å². The minimum absolute atomic E-state index is 0.432. The van der Waals surface area contributed by atoms with Crippen LogP contribution in [-0.4, -0.2) is 36.0 Å². The first kappa shape index (κ1) is 15.4. The third kappa shape index (κ3) is 2.48. The summed E-state index contributed by atoms with van der Waals surface area (Å²) in [7, 11) is 1.59. The summed E-state index contributed by atoms with van der Waals surface area (Å²) >= 11 is 0.